The lowest BCUT2D eigenvalue weighted by atomic mass is 10.3. The fourth-order valence-corrected chi connectivity index (χ4v) is 3.86. The summed E-state index contributed by atoms with van der Waals surface area (Å²) in [7, 11) is 0. The van der Waals surface area contributed by atoms with E-state index < -0.39 is 0 Å². The van der Waals surface area contributed by atoms with Crippen LogP contribution in [0.3, 0.4) is 0 Å². The maximum atomic E-state index is 12.3. The Labute approximate surface area is 161 Å². The first-order valence-electron chi connectivity index (χ1n) is 8.67. The van der Waals surface area contributed by atoms with Crippen LogP contribution < -0.4 is 10.2 Å². The van der Waals surface area contributed by atoms with Gasteiger partial charge in [0, 0.05) is 19.1 Å². The molecule has 2 heterocycles. The molecule has 0 unspecified atom stereocenters. The number of rotatable bonds is 6. The van der Waals surface area contributed by atoms with E-state index in [0.717, 1.165) is 37.0 Å². The number of amides is 1. The van der Waals surface area contributed by atoms with Gasteiger partial charge in [0.05, 0.1) is 29.7 Å². The minimum absolute atomic E-state index is 0.110. The molecule has 138 valence electrons. The Kier molecular flexibility index (Phi) is 5.33. The fraction of sp³-hybridized carbons (Fsp3) is 0.471. The molecule has 1 aromatic heterocycles. The van der Waals surface area contributed by atoms with Crippen molar-refractivity contribution in [3.05, 3.63) is 29.3 Å². The maximum Gasteiger partial charge on any atom is 0.234 e. The molecule has 2 fully saturated rings. The van der Waals surface area contributed by atoms with Gasteiger partial charge in [0.1, 0.15) is 0 Å². The highest BCUT2D eigenvalue weighted by Crippen LogP contribution is 2.41. The van der Waals surface area contributed by atoms with Crippen LogP contribution >= 0.6 is 23.4 Å². The number of anilines is 2. The summed E-state index contributed by atoms with van der Waals surface area (Å²) in [6.07, 6.45) is 2.27. The zero-order valence-electron chi connectivity index (χ0n) is 14.2. The molecular formula is C17H20ClN5O2S. The van der Waals surface area contributed by atoms with Crippen LogP contribution in [0.4, 0.5) is 11.6 Å². The summed E-state index contributed by atoms with van der Waals surface area (Å²) in [4.78, 5) is 14.5. The standard InChI is InChI=1S/C17H20ClN5O2S/c18-13-3-1-2-4-14(13)19-15(24)11-26-17-21-20-16(23(17)12-5-6-12)22-7-9-25-10-8-22/h1-4,12H,5-11H2,(H,19,24). The van der Waals surface area contributed by atoms with Gasteiger partial charge in [-0.3, -0.25) is 9.36 Å². The Morgan fingerprint density at radius 2 is 2.04 bits per heavy atom. The summed E-state index contributed by atoms with van der Waals surface area (Å²) in [5.74, 6) is 1.05. The molecule has 1 amide bonds. The molecule has 9 heteroatoms. The second-order valence-electron chi connectivity index (χ2n) is 6.30. The summed E-state index contributed by atoms with van der Waals surface area (Å²) >= 11 is 7.50. The molecule has 1 aliphatic carbocycles. The molecule has 1 aliphatic heterocycles. The van der Waals surface area contributed by atoms with Gasteiger partial charge in [-0.05, 0) is 25.0 Å². The third-order valence-electron chi connectivity index (χ3n) is 4.33. The second kappa shape index (κ2) is 7.85. The minimum Gasteiger partial charge on any atom is -0.378 e. The van der Waals surface area contributed by atoms with Gasteiger partial charge in [-0.25, -0.2) is 0 Å². The van der Waals surface area contributed by atoms with E-state index in [2.05, 4.69) is 25.0 Å². The number of halogens is 1. The van der Waals surface area contributed by atoms with Crippen LogP contribution in [0.1, 0.15) is 18.9 Å². The Balaban J connectivity index is 1.42. The van der Waals surface area contributed by atoms with Gasteiger partial charge in [0.15, 0.2) is 5.16 Å². The molecule has 4 rings (SSSR count). The van der Waals surface area contributed by atoms with Crippen molar-refractivity contribution in [3.8, 4) is 0 Å². The number of nitrogens with zero attached hydrogens (tertiary/aromatic N) is 4. The van der Waals surface area contributed by atoms with E-state index in [1.165, 1.54) is 11.8 Å². The van der Waals surface area contributed by atoms with Crippen LogP contribution in [0.2, 0.25) is 5.02 Å². The van der Waals surface area contributed by atoms with E-state index in [9.17, 15) is 4.79 Å². The van der Waals surface area contributed by atoms with Crippen LogP contribution in [-0.2, 0) is 9.53 Å². The highest BCUT2D eigenvalue weighted by molar-refractivity contribution is 7.99. The second-order valence-corrected chi connectivity index (χ2v) is 7.65. The number of aromatic nitrogens is 3. The van der Waals surface area contributed by atoms with Gasteiger partial charge in [0.2, 0.25) is 11.9 Å². The van der Waals surface area contributed by atoms with Crippen molar-refractivity contribution in [2.45, 2.75) is 24.0 Å². The van der Waals surface area contributed by atoms with Crippen LogP contribution in [0.15, 0.2) is 29.4 Å². The first kappa shape index (κ1) is 17.6. The molecular weight excluding hydrogens is 374 g/mol. The molecule has 26 heavy (non-hydrogen) atoms. The van der Waals surface area contributed by atoms with E-state index in [4.69, 9.17) is 16.3 Å². The number of carbonyl (C=O) groups excluding carboxylic acids is 1. The van der Waals surface area contributed by atoms with Crippen molar-refractivity contribution in [3.63, 3.8) is 0 Å². The smallest absolute Gasteiger partial charge is 0.234 e. The number of morpholine rings is 1. The average Bonchev–Trinajstić information content (AvgIpc) is 3.42. The maximum absolute atomic E-state index is 12.3. The Hall–Kier alpha value is -1.77. The Morgan fingerprint density at radius 3 is 2.77 bits per heavy atom. The monoisotopic (exact) mass is 393 g/mol. The molecule has 1 saturated carbocycles. The number of hydrogen-bond acceptors (Lipinski definition) is 6. The fourth-order valence-electron chi connectivity index (χ4n) is 2.88. The van der Waals surface area contributed by atoms with E-state index in [1.54, 1.807) is 12.1 Å². The number of thioether (sulfide) groups is 1. The summed E-state index contributed by atoms with van der Waals surface area (Å²) in [6, 6.07) is 7.65. The van der Waals surface area contributed by atoms with E-state index >= 15 is 0 Å². The lowest BCUT2D eigenvalue weighted by Crippen LogP contribution is -2.38. The zero-order chi connectivity index (χ0) is 17.9. The van der Waals surface area contributed by atoms with Crippen LogP contribution in [0.5, 0.6) is 0 Å². The highest BCUT2D eigenvalue weighted by Gasteiger charge is 2.32. The van der Waals surface area contributed by atoms with Gasteiger partial charge < -0.3 is 15.0 Å². The number of ether oxygens (including phenoxy) is 1. The van der Waals surface area contributed by atoms with Crippen LogP contribution in [-0.4, -0.2) is 52.7 Å². The summed E-state index contributed by atoms with van der Waals surface area (Å²) in [6.45, 7) is 3.06. The first-order valence-corrected chi connectivity index (χ1v) is 10.0. The molecule has 2 aromatic rings. The molecule has 0 radical (unpaired) electrons. The average molecular weight is 394 g/mol. The third-order valence-corrected chi connectivity index (χ3v) is 5.61. The molecule has 1 aromatic carbocycles. The van der Waals surface area contributed by atoms with Gasteiger partial charge in [-0.15, -0.1) is 10.2 Å². The van der Waals surface area contributed by atoms with Gasteiger partial charge in [0.25, 0.3) is 0 Å². The third kappa shape index (κ3) is 3.97. The predicted octanol–water partition coefficient (Wildman–Crippen LogP) is 2.83. The highest BCUT2D eigenvalue weighted by atomic mass is 35.5. The molecule has 2 aliphatic rings. The van der Waals surface area contributed by atoms with Crippen molar-refractivity contribution in [1.29, 1.82) is 0 Å². The van der Waals surface area contributed by atoms with Crippen molar-refractivity contribution < 1.29 is 9.53 Å². The number of para-hydroxylation sites is 1. The Morgan fingerprint density at radius 1 is 1.27 bits per heavy atom. The first-order chi connectivity index (χ1) is 12.7. The van der Waals surface area contributed by atoms with Crippen molar-refractivity contribution in [2.75, 3.05) is 42.3 Å². The van der Waals surface area contributed by atoms with Crippen LogP contribution in [0, 0.1) is 0 Å². The minimum atomic E-state index is -0.110. The van der Waals surface area contributed by atoms with Gasteiger partial charge in [-0.1, -0.05) is 35.5 Å². The normalized spacial score (nSPS) is 17.3. The Bertz CT molecular complexity index is 789. The number of hydrogen-bond donors (Lipinski definition) is 1. The van der Waals surface area contributed by atoms with E-state index in [1.807, 2.05) is 12.1 Å². The number of benzene rings is 1. The van der Waals surface area contributed by atoms with Gasteiger partial charge in [-0.2, -0.15) is 0 Å². The van der Waals surface area contributed by atoms with Crippen LogP contribution in [0.25, 0.3) is 0 Å². The summed E-state index contributed by atoms with van der Waals surface area (Å²) in [5.41, 5.74) is 0.623. The number of carbonyl (C=O) groups is 1. The SMILES string of the molecule is O=C(CSc1nnc(N2CCOCC2)n1C1CC1)Nc1ccccc1Cl. The predicted molar refractivity (Wildman–Crippen MR) is 102 cm³/mol. The summed E-state index contributed by atoms with van der Waals surface area (Å²) < 4.78 is 7.60. The lowest BCUT2D eigenvalue weighted by molar-refractivity contribution is -0.113. The largest absolute Gasteiger partial charge is 0.378 e. The molecule has 0 atom stereocenters. The molecule has 1 saturated heterocycles. The van der Waals surface area contributed by atoms with E-state index in [0.29, 0.717) is 30.0 Å². The molecule has 7 nitrogen and oxygen atoms in total. The van der Waals surface area contributed by atoms with Gasteiger partial charge >= 0.3 is 0 Å². The molecule has 0 bridgehead atoms. The topological polar surface area (TPSA) is 72.3 Å². The van der Waals surface area contributed by atoms with Crippen molar-refractivity contribution in [1.82, 2.24) is 14.8 Å². The summed E-state index contributed by atoms with van der Waals surface area (Å²) in [5, 5.41) is 12.9. The zero-order valence-corrected chi connectivity index (χ0v) is 15.8. The van der Waals surface area contributed by atoms with Crippen molar-refractivity contribution in [2.24, 2.45) is 0 Å². The molecule has 1 N–H and O–H groups in total. The lowest BCUT2D eigenvalue weighted by Gasteiger charge is -2.27. The van der Waals surface area contributed by atoms with E-state index in [-0.39, 0.29) is 11.7 Å². The van der Waals surface area contributed by atoms with Crippen molar-refractivity contribution >= 4 is 40.9 Å². The quantitative estimate of drug-likeness (QED) is 0.761. The number of nitrogens with one attached hydrogen (secondary N) is 1. The molecule has 0 spiro atoms.